The van der Waals surface area contributed by atoms with Crippen LogP contribution in [0.2, 0.25) is 0 Å². The largest absolute Gasteiger partial charge is 0.573 e. The average Bonchev–Trinajstić information content (AvgIpc) is 3.61. The van der Waals surface area contributed by atoms with Crippen LogP contribution in [0.1, 0.15) is 59.1 Å². The number of carbonyl (C=O) groups is 3. The first-order valence-electron chi connectivity index (χ1n) is 14.0. The SMILES string of the molecule is C=CCOC(=O)C1CCC2[C@@H](NC(=O)c3cc(C(=O)NCc4cccc(OC(F)(F)F)c4)nc4ncnn34)CC[C@H]2[C@H]1C. The van der Waals surface area contributed by atoms with E-state index in [1.165, 1.54) is 29.0 Å². The minimum absolute atomic E-state index is 0.0369. The van der Waals surface area contributed by atoms with Crippen molar-refractivity contribution in [2.75, 3.05) is 6.61 Å². The number of benzene rings is 1. The molecule has 2 saturated carbocycles. The molecule has 14 heteroatoms. The van der Waals surface area contributed by atoms with Crippen molar-refractivity contribution in [3.8, 4) is 5.75 Å². The molecule has 0 aliphatic heterocycles. The van der Waals surface area contributed by atoms with Crippen LogP contribution < -0.4 is 15.4 Å². The number of nitrogens with one attached hydrogen (secondary N) is 2. The molecule has 0 bridgehead atoms. The van der Waals surface area contributed by atoms with Gasteiger partial charge in [-0.25, -0.2) is 4.98 Å². The normalized spacial score (nSPS) is 23.3. The number of fused-ring (bicyclic) bond motifs is 2. The zero-order valence-electron chi connectivity index (χ0n) is 23.3. The highest BCUT2D eigenvalue weighted by atomic mass is 19.4. The Kier molecular flexibility index (Phi) is 8.64. The molecule has 11 nitrogen and oxygen atoms in total. The van der Waals surface area contributed by atoms with Gasteiger partial charge >= 0.3 is 12.3 Å². The lowest BCUT2D eigenvalue weighted by Crippen LogP contribution is -2.44. The summed E-state index contributed by atoms with van der Waals surface area (Å²) in [7, 11) is 0. The van der Waals surface area contributed by atoms with Crippen LogP contribution >= 0.6 is 0 Å². The van der Waals surface area contributed by atoms with E-state index in [9.17, 15) is 27.6 Å². The molecular formula is C29H31F3N6O5. The monoisotopic (exact) mass is 600 g/mol. The van der Waals surface area contributed by atoms with Crippen molar-refractivity contribution in [3.05, 3.63) is 66.3 Å². The van der Waals surface area contributed by atoms with Crippen molar-refractivity contribution in [1.82, 2.24) is 30.2 Å². The van der Waals surface area contributed by atoms with Crippen molar-refractivity contribution < 1.29 is 37.0 Å². The van der Waals surface area contributed by atoms with Crippen LogP contribution in [0.4, 0.5) is 13.2 Å². The smallest absolute Gasteiger partial charge is 0.461 e. The van der Waals surface area contributed by atoms with Gasteiger partial charge in [-0.1, -0.05) is 31.7 Å². The topological polar surface area (TPSA) is 137 Å². The molecule has 2 fully saturated rings. The van der Waals surface area contributed by atoms with Gasteiger partial charge in [-0.3, -0.25) is 14.4 Å². The summed E-state index contributed by atoms with van der Waals surface area (Å²) in [5, 5.41) is 9.78. The Labute approximate surface area is 244 Å². The number of amides is 2. The van der Waals surface area contributed by atoms with Gasteiger partial charge in [-0.05, 0) is 61.1 Å². The summed E-state index contributed by atoms with van der Waals surface area (Å²) >= 11 is 0. The number of esters is 1. The Morgan fingerprint density at radius 2 is 1.91 bits per heavy atom. The van der Waals surface area contributed by atoms with Crippen molar-refractivity contribution in [2.45, 2.75) is 51.6 Å². The number of rotatable bonds is 9. The molecule has 3 aromatic rings. The van der Waals surface area contributed by atoms with Gasteiger partial charge in [0.25, 0.3) is 17.6 Å². The van der Waals surface area contributed by atoms with Crippen molar-refractivity contribution in [2.24, 2.45) is 23.7 Å². The van der Waals surface area contributed by atoms with Crippen molar-refractivity contribution in [1.29, 1.82) is 0 Å². The molecule has 2 amide bonds. The van der Waals surface area contributed by atoms with Gasteiger partial charge in [-0.15, -0.1) is 13.2 Å². The second-order valence-electron chi connectivity index (χ2n) is 10.8. The highest BCUT2D eigenvalue weighted by molar-refractivity contribution is 5.98. The third-order valence-corrected chi connectivity index (χ3v) is 8.26. The average molecular weight is 601 g/mol. The highest BCUT2D eigenvalue weighted by Crippen LogP contribution is 2.48. The lowest BCUT2D eigenvalue weighted by molar-refractivity contribution is -0.274. The molecule has 2 N–H and O–H groups in total. The first-order valence-corrected chi connectivity index (χ1v) is 14.0. The molecule has 2 heterocycles. The standard InChI is InChI=1S/C29H31F3N6O5/c1-3-11-42-27(41)20-7-8-21-19(16(20)2)9-10-22(21)36-26(40)24-13-23(37-28-34-15-35-38(24)28)25(39)33-14-17-5-4-6-18(12-17)43-29(30,31)32/h3-6,12-13,15-16,19-22H,1,7-11,14H2,2H3,(H,33,39)(H,36,40)/t16-,19+,20?,21?,22+/m1/s1. The maximum Gasteiger partial charge on any atom is 0.573 e. The molecule has 5 atom stereocenters. The van der Waals surface area contributed by atoms with Crippen LogP contribution in [0.15, 0.2) is 49.3 Å². The number of hydrogen-bond donors (Lipinski definition) is 2. The second kappa shape index (κ2) is 12.4. The summed E-state index contributed by atoms with van der Waals surface area (Å²) in [6, 6.07) is 6.40. The van der Waals surface area contributed by atoms with Crippen molar-refractivity contribution >= 4 is 23.6 Å². The van der Waals surface area contributed by atoms with Crippen LogP contribution in [-0.4, -0.2) is 56.4 Å². The Balaban J connectivity index is 1.26. The fourth-order valence-electron chi connectivity index (χ4n) is 6.32. The van der Waals surface area contributed by atoms with Crippen LogP contribution in [0.3, 0.4) is 0 Å². The lowest BCUT2D eigenvalue weighted by atomic mass is 9.68. The van der Waals surface area contributed by atoms with Gasteiger partial charge in [0.2, 0.25) is 0 Å². The van der Waals surface area contributed by atoms with Crippen LogP contribution in [-0.2, 0) is 16.1 Å². The maximum absolute atomic E-state index is 13.5. The van der Waals surface area contributed by atoms with Gasteiger partial charge in [0.15, 0.2) is 0 Å². The van der Waals surface area contributed by atoms with E-state index >= 15 is 0 Å². The van der Waals surface area contributed by atoms with Gasteiger partial charge in [0, 0.05) is 18.7 Å². The van der Waals surface area contributed by atoms with Crippen LogP contribution in [0, 0.1) is 23.7 Å². The minimum Gasteiger partial charge on any atom is -0.461 e. The summed E-state index contributed by atoms with van der Waals surface area (Å²) in [4.78, 5) is 47.2. The number of carbonyl (C=O) groups excluding carboxylic acids is 3. The van der Waals surface area contributed by atoms with E-state index in [0.717, 1.165) is 31.4 Å². The van der Waals surface area contributed by atoms with E-state index in [1.807, 2.05) is 0 Å². The zero-order valence-corrected chi connectivity index (χ0v) is 23.3. The summed E-state index contributed by atoms with van der Waals surface area (Å²) in [6.45, 7) is 5.72. The summed E-state index contributed by atoms with van der Waals surface area (Å²) < 4.78 is 48.1. The number of hydrogen-bond acceptors (Lipinski definition) is 8. The second-order valence-corrected chi connectivity index (χ2v) is 10.8. The molecule has 0 spiro atoms. The molecular weight excluding hydrogens is 569 g/mol. The molecule has 2 aromatic heterocycles. The molecule has 2 aliphatic rings. The van der Waals surface area contributed by atoms with Gasteiger partial charge in [0.05, 0.1) is 5.92 Å². The molecule has 2 unspecified atom stereocenters. The maximum atomic E-state index is 13.5. The Bertz CT molecular complexity index is 1530. The fourth-order valence-corrected chi connectivity index (χ4v) is 6.32. The number of alkyl halides is 3. The van der Waals surface area contributed by atoms with E-state index < -0.39 is 23.9 Å². The lowest BCUT2D eigenvalue weighted by Gasteiger charge is -2.38. The van der Waals surface area contributed by atoms with Crippen LogP contribution in [0.25, 0.3) is 5.78 Å². The fraction of sp³-hybridized carbons (Fsp3) is 0.448. The van der Waals surface area contributed by atoms with Gasteiger partial charge in [0.1, 0.15) is 30.1 Å². The molecule has 5 rings (SSSR count). The highest BCUT2D eigenvalue weighted by Gasteiger charge is 2.47. The predicted octanol–water partition coefficient (Wildman–Crippen LogP) is 3.85. The van der Waals surface area contributed by atoms with E-state index in [-0.39, 0.29) is 66.0 Å². The first kappa shape index (κ1) is 30.0. The van der Waals surface area contributed by atoms with Crippen molar-refractivity contribution in [3.63, 3.8) is 0 Å². The molecule has 43 heavy (non-hydrogen) atoms. The molecule has 0 saturated heterocycles. The molecule has 2 aliphatic carbocycles. The van der Waals surface area contributed by atoms with Crippen LogP contribution in [0.5, 0.6) is 5.75 Å². The summed E-state index contributed by atoms with van der Waals surface area (Å²) in [5.74, 6) is -1.32. The van der Waals surface area contributed by atoms with E-state index in [0.29, 0.717) is 12.0 Å². The summed E-state index contributed by atoms with van der Waals surface area (Å²) in [5.41, 5.74) is 0.321. The number of nitrogens with zero attached hydrogens (tertiary/aromatic N) is 4. The first-order chi connectivity index (χ1) is 20.5. The number of ether oxygens (including phenoxy) is 2. The zero-order chi connectivity index (χ0) is 30.7. The summed E-state index contributed by atoms with van der Waals surface area (Å²) in [6.07, 6.45) is 0.968. The molecule has 0 radical (unpaired) electrons. The molecule has 1 aromatic carbocycles. The predicted molar refractivity (Wildman–Crippen MR) is 146 cm³/mol. The third-order valence-electron chi connectivity index (χ3n) is 8.26. The third kappa shape index (κ3) is 6.78. The Morgan fingerprint density at radius 1 is 1.12 bits per heavy atom. The van der Waals surface area contributed by atoms with E-state index in [4.69, 9.17) is 4.74 Å². The van der Waals surface area contributed by atoms with Gasteiger partial charge in [-0.2, -0.15) is 14.6 Å². The number of aromatic nitrogens is 4. The Hall–Kier alpha value is -4.49. The quantitative estimate of drug-likeness (QED) is 0.279. The van der Waals surface area contributed by atoms with E-state index in [2.05, 4.69) is 43.9 Å². The Morgan fingerprint density at radius 3 is 2.67 bits per heavy atom. The number of halogens is 3. The molecule has 228 valence electrons. The van der Waals surface area contributed by atoms with Gasteiger partial charge < -0.3 is 20.1 Å². The van der Waals surface area contributed by atoms with E-state index in [1.54, 1.807) is 6.08 Å². The minimum atomic E-state index is -4.84.